The van der Waals surface area contributed by atoms with Gasteiger partial charge in [-0.05, 0) is 36.8 Å². The molecule has 0 spiro atoms. The summed E-state index contributed by atoms with van der Waals surface area (Å²) in [7, 11) is 0. The van der Waals surface area contributed by atoms with Crippen LogP contribution < -0.4 is 11.1 Å². The lowest BCUT2D eigenvalue weighted by atomic mass is 9.89. The van der Waals surface area contributed by atoms with Gasteiger partial charge in [0.15, 0.2) is 0 Å². The van der Waals surface area contributed by atoms with E-state index in [-0.39, 0.29) is 30.3 Å². The van der Waals surface area contributed by atoms with Crippen molar-refractivity contribution in [1.82, 2.24) is 15.1 Å². The van der Waals surface area contributed by atoms with Crippen molar-refractivity contribution < 1.29 is 4.79 Å². The second kappa shape index (κ2) is 7.02. The van der Waals surface area contributed by atoms with E-state index in [2.05, 4.69) is 35.6 Å². The van der Waals surface area contributed by atoms with E-state index in [0.717, 1.165) is 23.2 Å². The number of hydrogen-bond donors (Lipinski definition) is 2. The molecule has 1 aromatic carbocycles. The molecule has 2 bridgehead atoms. The predicted octanol–water partition coefficient (Wildman–Crippen LogP) is 2.37. The van der Waals surface area contributed by atoms with E-state index < -0.39 is 0 Å². The lowest BCUT2D eigenvalue weighted by molar-refractivity contribution is -0.126. The van der Waals surface area contributed by atoms with Gasteiger partial charge in [-0.1, -0.05) is 30.4 Å². The Morgan fingerprint density at radius 3 is 2.80 bits per heavy atom. The Bertz CT molecular complexity index is 800. The van der Waals surface area contributed by atoms with Crippen molar-refractivity contribution in [2.24, 2.45) is 23.5 Å². The number of nitrogens with one attached hydrogen (secondary N) is 1. The highest BCUT2D eigenvalue weighted by Crippen LogP contribution is 2.42. The second-order valence-electron chi connectivity index (χ2n) is 6.85. The van der Waals surface area contributed by atoms with E-state index in [1.165, 1.54) is 0 Å². The summed E-state index contributed by atoms with van der Waals surface area (Å²) in [6, 6.07) is 8.05. The monoisotopic (exact) mass is 358 g/mol. The van der Waals surface area contributed by atoms with Gasteiger partial charge in [-0.25, -0.2) is 4.68 Å². The summed E-state index contributed by atoms with van der Waals surface area (Å²) in [5.74, 6) is 0.642. The molecule has 0 radical (unpaired) electrons. The fraction of sp³-hybridized carbons (Fsp3) is 0.368. The molecule has 2 aromatic rings. The minimum Gasteiger partial charge on any atom is -0.352 e. The normalized spacial score (nSPS) is 26.5. The van der Waals surface area contributed by atoms with Crippen molar-refractivity contribution in [3.05, 3.63) is 59.9 Å². The first kappa shape index (κ1) is 17.7. The maximum atomic E-state index is 12.5. The number of benzene rings is 1. The van der Waals surface area contributed by atoms with Crippen LogP contribution in [0, 0.1) is 24.7 Å². The van der Waals surface area contributed by atoms with E-state index in [4.69, 9.17) is 5.73 Å². The highest BCUT2D eigenvalue weighted by atomic mass is 35.5. The average molecular weight is 359 g/mol. The maximum Gasteiger partial charge on any atom is 0.225 e. The van der Waals surface area contributed by atoms with Gasteiger partial charge in [-0.15, -0.1) is 12.4 Å². The largest absolute Gasteiger partial charge is 0.352 e. The number of aromatic nitrogens is 2. The third-order valence-corrected chi connectivity index (χ3v) is 5.29. The third-order valence-electron chi connectivity index (χ3n) is 5.29. The Morgan fingerprint density at radius 2 is 2.08 bits per heavy atom. The zero-order valence-electron chi connectivity index (χ0n) is 14.1. The molecular weight excluding hydrogens is 336 g/mol. The van der Waals surface area contributed by atoms with Crippen LogP contribution in [0.5, 0.6) is 0 Å². The van der Waals surface area contributed by atoms with Crippen LogP contribution in [0.3, 0.4) is 0 Å². The van der Waals surface area contributed by atoms with Gasteiger partial charge in [0.1, 0.15) is 0 Å². The van der Waals surface area contributed by atoms with Crippen molar-refractivity contribution >= 4 is 18.3 Å². The Kier molecular flexibility index (Phi) is 4.97. The number of para-hydroxylation sites is 1. The Balaban J connectivity index is 0.00000182. The van der Waals surface area contributed by atoms with Crippen LogP contribution in [-0.2, 0) is 11.3 Å². The van der Waals surface area contributed by atoms with E-state index >= 15 is 0 Å². The molecule has 4 rings (SSSR count). The highest BCUT2D eigenvalue weighted by molar-refractivity contribution is 5.85. The minimum absolute atomic E-state index is 0. The van der Waals surface area contributed by atoms with Gasteiger partial charge >= 0.3 is 0 Å². The molecule has 6 heteroatoms. The lowest BCUT2D eigenvalue weighted by Crippen LogP contribution is -2.43. The summed E-state index contributed by atoms with van der Waals surface area (Å²) >= 11 is 0. The summed E-state index contributed by atoms with van der Waals surface area (Å²) in [5, 5.41) is 7.43. The molecule has 4 atom stereocenters. The number of fused-ring (bicyclic) bond motifs is 2. The molecule has 132 valence electrons. The van der Waals surface area contributed by atoms with Crippen molar-refractivity contribution in [3.8, 4) is 5.69 Å². The summed E-state index contributed by atoms with van der Waals surface area (Å²) in [5.41, 5.74) is 9.40. The number of allylic oxidation sites excluding steroid dienone is 1. The molecule has 1 saturated carbocycles. The van der Waals surface area contributed by atoms with E-state index in [9.17, 15) is 4.79 Å². The minimum atomic E-state index is -0.0913. The summed E-state index contributed by atoms with van der Waals surface area (Å²) in [6.07, 6.45) is 9.08. The molecule has 1 amide bonds. The standard InChI is InChI=1S/C19H22N4O.ClH/c1-12-4-2-3-5-16(12)23-11-13(10-22-23)9-21-19(24)17-14-6-7-15(8-14)18(17)20;/h2-7,10-11,14-15,17-18H,8-9,20H2,1H3,(H,21,24);1H/t14-,15+,17-,18+;/m1./s1. The van der Waals surface area contributed by atoms with Crippen LogP contribution in [0.25, 0.3) is 5.69 Å². The fourth-order valence-corrected chi connectivity index (χ4v) is 3.94. The first-order valence-electron chi connectivity index (χ1n) is 8.44. The Morgan fingerprint density at radius 1 is 1.32 bits per heavy atom. The molecule has 1 aromatic heterocycles. The first-order chi connectivity index (χ1) is 11.6. The first-order valence-corrected chi connectivity index (χ1v) is 8.44. The van der Waals surface area contributed by atoms with Crippen molar-refractivity contribution in [2.75, 3.05) is 0 Å². The summed E-state index contributed by atoms with van der Waals surface area (Å²) in [6.45, 7) is 2.54. The van der Waals surface area contributed by atoms with Gasteiger partial charge in [0.05, 0.1) is 17.8 Å². The molecule has 5 nitrogen and oxygen atoms in total. The highest BCUT2D eigenvalue weighted by Gasteiger charge is 2.46. The Labute approximate surface area is 153 Å². The quantitative estimate of drug-likeness (QED) is 0.824. The number of nitrogens with zero attached hydrogens (tertiary/aromatic N) is 2. The number of carbonyl (C=O) groups is 1. The molecule has 3 N–H and O–H groups in total. The average Bonchev–Trinajstić information content (AvgIpc) is 3.29. The van der Waals surface area contributed by atoms with Crippen molar-refractivity contribution in [1.29, 1.82) is 0 Å². The van der Waals surface area contributed by atoms with Crippen LogP contribution in [0.4, 0.5) is 0 Å². The zero-order valence-corrected chi connectivity index (χ0v) is 14.9. The van der Waals surface area contributed by atoms with Gasteiger partial charge in [0, 0.05) is 24.3 Å². The maximum absolute atomic E-state index is 12.5. The van der Waals surface area contributed by atoms with E-state index in [0.29, 0.717) is 18.4 Å². The zero-order chi connectivity index (χ0) is 16.7. The molecule has 0 unspecified atom stereocenters. The van der Waals surface area contributed by atoms with Gasteiger partial charge in [0.2, 0.25) is 5.91 Å². The molecule has 0 aliphatic heterocycles. The number of carbonyl (C=O) groups excluding carboxylic acids is 1. The molecule has 1 fully saturated rings. The molecule has 25 heavy (non-hydrogen) atoms. The van der Waals surface area contributed by atoms with Crippen LogP contribution in [0.15, 0.2) is 48.8 Å². The third kappa shape index (κ3) is 3.22. The number of aryl methyl sites for hydroxylation is 1. The van der Waals surface area contributed by atoms with Gasteiger partial charge in [-0.2, -0.15) is 5.10 Å². The number of hydrogen-bond acceptors (Lipinski definition) is 3. The van der Waals surface area contributed by atoms with Gasteiger partial charge in [-0.3, -0.25) is 4.79 Å². The summed E-state index contributed by atoms with van der Waals surface area (Å²) < 4.78 is 1.85. The SMILES string of the molecule is Cc1ccccc1-n1cc(CNC(=O)[C@H]2[C@@H](N)[C@H]3C=C[C@@H]2C3)cn1.Cl. The molecular formula is C19H23ClN4O. The van der Waals surface area contributed by atoms with Gasteiger partial charge < -0.3 is 11.1 Å². The van der Waals surface area contributed by atoms with E-state index in [1.54, 1.807) is 6.20 Å². The van der Waals surface area contributed by atoms with Gasteiger partial charge in [0.25, 0.3) is 0 Å². The van der Waals surface area contributed by atoms with E-state index in [1.807, 2.05) is 29.1 Å². The molecule has 0 saturated heterocycles. The van der Waals surface area contributed by atoms with Crippen molar-refractivity contribution in [3.63, 3.8) is 0 Å². The van der Waals surface area contributed by atoms with Crippen LogP contribution in [-0.4, -0.2) is 21.7 Å². The number of halogens is 1. The number of rotatable bonds is 4. The van der Waals surface area contributed by atoms with Crippen LogP contribution in [0.2, 0.25) is 0 Å². The van der Waals surface area contributed by atoms with Crippen LogP contribution >= 0.6 is 12.4 Å². The number of nitrogens with two attached hydrogens (primary N) is 1. The summed E-state index contributed by atoms with van der Waals surface area (Å²) in [4.78, 5) is 12.5. The lowest BCUT2D eigenvalue weighted by Gasteiger charge is -2.23. The fourth-order valence-electron chi connectivity index (χ4n) is 3.94. The Hall–Kier alpha value is -2.11. The topological polar surface area (TPSA) is 72.9 Å². The molecule has 2 aliphatic carbocycles. The predicted molar refractivity (Wildman–Crippen MR) is 99.6 cm³/mol. The van der Waals surface area contributed by atoms with Crippen LogP contribution in [0.1, 0.15) is 17.5 Å². The second-order valence-corrected chi connectivity index (χ2v) is 6.85. The van der Waals surface area contributed by atoms with Crippen molar-refractivity contribution in [2.45, 2.75) is 25.9 Å². The molecule has 1 heterocycles. The number of amides is 1. The smallest absolute Gasteiger partial charge is 0.225 e. The molecule has 2 aliphatic rings.